The molecule has 0 bridgehead atoms. The van der Waals surface area contributed by atoms with Crippen LogP contribution in [0.15, 0.2) is 55.0 Å². The first-order valence-corrected chi connectivity index (χ1v) is 10.9. The molecule has 0 atom stereocenters. The topological polar surface area (TPSA) is 90.9 Å². The molecule has 31 heavy (non-hydrogen) atoms. The van der Waals surface area contributed by atoms with Crippen LogP contribution >= 0.6 is 0 Å². The predicted octanol–water partition coefficient (Wildman–Crippen LogP) is 5.17. The van der Waals surface area contributed by atoms with E-state index in [0.29, 0.717) is 23.8 Å². The number of ether oxygens (including phenoxy) is 1. The summed E-state index contributed by atoms with van der Waals surface area (Å²) in [5.41, 5.74) is 10.6. The minimum atomic E-state index is 0.333. The molecule has 0 unspecified atom stereocenters. The summed E-state index contributed by atoms with van der Waals surface area (Å²) < 4.78 is 8.26. The maximum atomic E-state index is 6.69. The van der Waals surface area contributed by atoms with Crippen molar-refractivity contribution in [1.29, 1.82) is 0 Å². The van der Waals surface area contributed by atoms with E-state index in [-0.39, 0.29) is 0 Å². The maximum absolute atomic E-state index is 6.69. The van der Waals surface area contributed by atoms with Gasteiger partial charge in [0.25, 0.3) is 0 Å². The highest BCUT2D eigenvalue weighted by Crippen LogP contribution is 2.45. The number of benzene rings is 1. The Labute approximate surface area is 180 Å². The van der Waals surface area contributed by atoms with E-state index in [1.54, 1.807) is 18.5 Å². The van der Waals surface area contributed by atoms with Gasteiger partial charge in [-0.25, -0.2) is 15.0 Å². The highest BCUT2D eigenvalue weighted by atomic mass is 16.5. The van der Waals surface area contributed by atoms with E-state index in [9.17, 15) is 0 Å². The molecule has 3 heterocycles. The standard InChI is InChI=1S/C24H24N6O/c25-22-19-9-8-18(31-24-26-11-2-12-27-24)13-20(19)30(17-3-1-4-17)23(22)15-5-10-21(28-14-15)29-16-6-7-16/h2,5,8-14,16-17H,1,3-4,6-7,25H2,(H,28,29). The Morgan fingerprint density at radius 3 is 2.52 bits per heavy atom. The molecule has 0 saturated heterocycles. The van der Waals surface area contributed by atoms with Crippen LogP contribution in [0.2, 0.25) is 0 Å². The number of fused-ring (bicyclic) bond motifs is 1. The van der Waals surface area contributed by atoms with Crippen LogP contribution in [-0.4, -0.2) is 25.6 Å². The summed E-state index contributed by atoms with van der Waals surface area (Å²) in [6, 6.07) is 13.3. The highest BCUT2D eigenvalue weighted by molar-refractivity contribution is 6.01. The Hall–Kier alpha value is -3.61. The van der Waals surface area contributed by atoms with Gasteiger partial charge >= 0.3 is 6.01 Å². The largest absolute Gasteiger partial charge is 0.424 e. The molecule has 0 spiro atoms. The monoisotopic (exact) mass is 412 g/mol. The van der Waals surface area contributed by atoms with Crippen LogP contribution in [0.3, 0.4) is 0 Å². The lowest BCUT2D eigenvalue weighted by Gasteiger charge is -2.30. The van der Waals surface area contributed by atoms with Gasteiger partial charge in [0.1, 0.15) is 11.6 Å². The van der Waals surface area contributed by atoms with Gasteiger partial charge in [-0.2, -0.15) is 0 Å². The van der Waals surface area contributed by atoms with Crippen LogP contribution in [0.4, 0.5) is 11.5 Å². The number of rotatable bonds is 6. The molecule has 1 aromatic carbocycles. The lowest BCUT2D eigenvalue weighted by molar-refractivity contribution is 0.324. The number of aromatic nitrogens is 4. The zero-order chi connectivity index (χ0) is 20.8. The Morgan fingerprint density at radius 1 is 1.00 bits per heavy atom. The van der Waals surface area contributed by atoms with E-state index >= 15 is 0 Å². The molecule has 0 amide bonds. The molecule has 6 rings (SSSR count). The Balaban J connectivity index is 1.43. The van der Waals surface area contributed by atoms with Crippen LogP contribution < -0.4 is 15.8 Å². The van der Waals surface area contributed by atoms with Gasteiger partial charge in [0.05, 0.1) is 16.9 Å². The summed E-state index contributed by atoms with van der Waals surface area (Å²) >= 11 is 0. The van der Waals surface area contributed by atoms with Gasteiger partial charge < -0.3 is 20.4 Å². The van der Waals surface area contributed by atoms with Crippen molar-refractivity contribution in [2.45, 2.75) is 44.2 Å². The van der Waals surface area contributed by atoms with E-state index in [4.69, 9.17) is 10.5 Å². The van der Waals surface area contributed by atoms with Gasteiger partial charge in [0.15, 0.2) is 0 Å². The molecule has 7 heteroatoms. The summed E-state index contributed by atoms with van der Waals surface area (Å²) in [5, 5.41) is 4.48. The van der Waals surface area contributed by atoms with Gasteiger partial charge in [-0.3, -0.25) is 0 Å². The summed E-state index contributed by atoms with van der Waals surface area (Å²) in [7, 11) is 0. The third kappa shape index (κ3) is 3.36. The van der Waals surface area contributed by atoms with Crippen molar-refractivity contribution in [2.75, 3.05) is 11.1 Å². The van der Waals surface area contributed by atoms with Gasteiger partial charge in [-0.15, -0.1) is 0 Å². The molecule has 156 valence electrons. The number of nitrogens with zero attached hydrogens (tertiary/aromatic N) is 4. The highest BCUT2D eigenvalue weighted by Gasteiger charge is 2.27. The van der Waals surface area contributed by atoms with Gasteiger partial charge in [-0.1, -0.05) is 0 Å². The Kier molecular flexibility index (Phi) is 4.26. The van der Waals surface area contributed by atoms with Gasteiger partial charge in [0.2, 0.25) is 0 Å². The second-order valence-electron chi connectivity index (χ2n) is 8.38. The summed E-state index contributed by atoms with van der Waals surface area (Å²) in [6.45, 7) is 0. The quantitative estimate of drug-likeness (QED) is 0.454. The van der Waals surface area contributed by atoms with E-state index in [2.05, 4.69) is 37.0 Å². The van der Waals surface area contributed by atoms with Crippen molar-refractivity contribution in [2.24, 2.45) is 0 Å². The third-order valence-corrected chi connectivity index (χ3v) is 6.17. The fraction of sp³-hybridized carbons (Fsp3) is 0.292. The van der Waals surface area contributed by atoms with E-state index in [0.717, 1.165) is 46.5 Å². The predicted molar refractivity (Wildman–Crippen MR) is 121 cm³/mol. The molecule has 2 fully saturated rings. The van der Waals surface area contributed by atoms with Gasteiger partial charge in [-0.05, 0) is 62.4 Å². The van der Waals surface area contributed by atoms with Crippen LogP contribution in [0, 0.1) is 0 Å². The molecule has 2 aliphatic carbocycles. The first kappa shape index (κ1) is 18.2. The van der Waals surface area contributed by atoms with Crippen molar-refractivity contribution in [3.63, 3.8) is 0 Å². The van der Waals surface area contributed by atoms with Crippen molar-refractivity contribution < 1.29 is 4.74 Å². The van der Waals surface area contributed by atoms with Crippen molar-refractivity contribution >= 4 is 22.4 Å². The fourth-order valence-corrected chi connectivity index (χ4v) is 4.20. The fourth-order valence-electron chi connectivity index (χ4n) is 4.20. The SMILES string of the molecule is Nc1c(-c2ccc(NC3CC3)nc2)n(C2CCC2)c2cc(Oc3ncccn3)ccc12. The third-order valence-electron chi connectivity index (χ3n) is 6.17. The molecular formula is C24H24N6O. The first-order valence-electron chi connectivity index (χ1n) is 10.9. The zero-order valence-electron chi connectivity index (χ0n) is 17.2. The first-order chi connectivity index (χ1) is 15.3. The number of nitrogens with two attached hydrogens (primary N) is 1. The molecule has 3 aromatic heterocycles. The average Bonchev–Trinajstić information content (AvgIpc) is 3.53. The zero-order valence-corrected chi connectivity index (χ0v) is 17.2. The van der Waals surface area contributed by atoms with Crippen molar-refractivity contribution in [1.82, 2.24) is 19.5 Å². The second-order valence-corrected chi connectivity index (χ2v) is 8.38. The lowest BCUT2D eigenvalue weighted by atomic mass is 9.92. The lowest BCUT2D eigenvalue weighted by Crippen LogP contribution is -2.18. The Bertz CT molecular complexity index is 1230. The van der Waals surface area contributed by atoms with Crippen molar-refractivity contribution in [3.05, 3.63) is 55.0 Å². The number of hydrogen-bond donors (Lipinski definition) is 2. The summed E-state index contributed by atoms with van der Waals surface area (Å²) in [5.74, 6) is 1.63. The molecule has 3 N–H and O–H groups in total. The maximum Gasteiger partial charge on any atom is 0.321 e. The number of anilines is 2. The molecule has 2 saturated carbocycles. The van der Waals surface area contributed by atoms with Crippen LogP contribution in [0.1, 0.15) is 38.1 Å². The minimum Gasteiger partial charge on any atom is -0.424 e. The second kappa shape index (κ2) is 7.27. The van der Waals surface area contributed by atoms with Crippen molar-refractivity contribution in [3.8, 4) is 23.0 Å². The number of nitrogen functional groups attached to an aromatic ring is 1. The van der Waals surface area contributed by atoms with Crippen LogP contribution in [0.5, 0.6) is 11.8 Å². The Morgan fingerprint density at radius 2 is 1.84 bits per heavy atom. The molecule has 2 aliphatic rings. The number of pyridine rings is 1. The van der Waals surface area contributed by atoms with E-state index < -0.39 is 0 Å². The van der Waals surface area contributed by atoms with E-state index in [1.165, 1.54) is 19.3 Å². The van der Waals surface area contributed by atoms with Gasteiger partial charge in [0, 0.05) is 47.7 Å². The van der Waals surface area contributed by atoms with Crippen LogP contribution in [-0.2, 0) is 0 Å². The van der Waals surface area contributed by atoms with E-state index in [1.807, 2.05) is 24.4 Å². The molecule has 0 aliphatic heterocycles. The average molecular weight is 412 g/mol. The number of nitrogens with one attached hydrogen (secondary N) is 1. The summed E-state index contributed by atoms with van der Waals surface area (Å²) in [6.07, 6.45) is 11.3. The molecule has 7 nitrogen and oxygen atoms in total. The smallest absolute Gasteiger partial charge is 0.321 e. The minimum absolute atomic E-state index is 0.333. The summed E-state index contributed by atoms with van der Waals surface area (Å²) in [4.78, 5) is 13.0. The number of hydrogen-bond acceptors (Lipinski definition) is 6. The normalized spacial score (nSPS) is 16.3. The van der Waals surface area contributed by atoms with Crippen LogP contribution in [0.25, 0.3) is 22.2 Å². The molecule has 0 radical (unpaired) electrons. The molecular weight excluding hydrogens is 388 g/mol. The molecule has 4 aromatic rings.